The first-order chi connectivity index (χ1) is 15.5. The van der Waals surface area contributed by atoms with Crippen LogP contribution in [0.25, 0.3) is 0 Å². The van der Waals surface area contributed by atoms with Crippen LogP contribution in [0.15, 0.2) is 79.1 Å². The molecule has 0 aliphatic carbocycles. The van der Waals surface area contributed by atoms with Gasteiger partial charge in [-0.05, 0) is 41.8 Å². The van der Waals surface area contributed by atoms with Crippen molar-refractivity contribution in [3.05, 3.63) is 95.8 Å². The Bertz CT molecular complexity index is 1060. The highest BCUT2D eigenvalue weighted by atomic mass is 32.2. The summed E-state index contributed by atoms with van der Waals surface area (Å²) in [6.45, 7) is 1.65. The molecular formula is C25H24N2O4S. The maximum absolute atomic E-state index is 12.9. The van der Waals surface area contributed by atoms with Crippen molar-refractivity contribution in [3.8, 4) is 0 Å². The number of amides is 1. The van der Waals surface area contributed by atoms with Crippen LogP contribution in [0.5, 0.6) is 0 Å². The summed E-state index contributed by atoms with van der Waals surface area (Å²) in [5.41, 5.74) is 2.65. The van der Waals surface area contributed by atoms with Gasteiger partial charge in [0.1, 0.15) is 6.61 Å². The Morgan fingerprint density at radius 1 is 1.00 bits per heavy atom. The van der Waals surface area contributed by atoms with Crippen molar-refractivity contribution in [2.24, 2.45) is 5.92 Å². The van der Waals surface area contributed by atoms with Crippen molar-refractivity contribution in [1.29, 1.82) is 0 Å². The zero-order chi connectivity index (χ0) is 22.8. The molecule has 0 aliphatic rings. The number of hydrogen-bond acceptors (Lipinski definition) is 6. The average Bonchev–Trinajstić information content (AvgIpc) is 2.81. The summed E-state index contributed by atoms with van der Waals surface area (Å²) >= 11 is 1.12. The maximum atomic E-state index is 12.9. The summed E-state index contributed by atoms with van der Waals surface area (Å²) in [4.78, 5) is 40.9. The average molecular weight is 449 g/mol. The second-order valence-corrected chi connectivity index (χ2v) is 8.39. The monoisotopic (exact) mass is 448 g/mol. The Morgan fingerprint density at radius 2 is 1.78 bits per heavy atom. The van der Waals surface area contributed by atoms with Gasteiger partial charge < -0.3 is 10.1 Å². The molecule has 3 rings (SSSR count). The van der Waals surface area contributed by atoms with Crippen molar-refractivity contribution in [1.82, 2.24) is 4.98 Å². The number of hydrogen-bond donors (Lipinski definition) is 1. The molecule has 0 radical (unpaired) electrons. The van der Waals surface area contributed by atoms with E-state index in [4.69, 9.17) is 4.74 Å². The van der Waals surface area contributed by atoms with Crippen molar-refractivity contribution in [2.75, 3.05) is 11.1 Å². The third-order valence-corrected chi connectivity index (χ3v) is 5.62. The minimum atomic E-state index is -0.469. The summed E-state index contributed by atoms with van der Waals surface area (Å²) < 4.78 is 5.37. The Kier molecular flexibility index (Phi) is 8.57. The highest BCUT2D eigenvalue weighted by Gasteiger charge is 2.21. The van der Waals surface area contributed by atoms with E-state index in [-0.39, 0.29) is 17.6 Å². The molecule has 0 spiro atoms. The minimum absolute atomic E-state index is 0.0443. The molecule has 0 bridgehead atoms. The topological polar surface area (TPSA) is 85.4 Å². The smallest absolute Gasteiger partial charge is 0.338 e. The van der Waals surface area contributed by atoms with Gasteiger partial charge in [0.05, 0.1) is 11.5 Å². The summed E-state index contributed by atoms with van der Waals surface area (Å²) in [7, 11) is 0. The molecule has 1 unspecified atom stereocenters. The first kappa shape index (κ1) is 23.2. The van der Waals surface area contributed by atoms with Crippen molar-refractivity contribution >= 4 is 34.4 Å². The second-order valence-electron chi connectivity index (χ2n) is 7.20. The van der Waals surface area contributed by atoms with E-state index in [1.54, 1.807) is 36.7 Å². The lowest BCUT2D eigenvalue weighted by atomic mass is 10.0. The Labute approximate surface area is 191 Å². The maximum Gasteiger partial charge on any atom is 0.338 e. The van der Waals surface area contributed by atoms with E-state index in [0.29, 0.717) is 23.4 Å². The lowest BCUT2D eigenvalue weighted by molar-refractivity contribution is -0.119. The fourth-order valence-electron chi connectivity index (χ4n) is 3.02. The fraction of sp³-hybridized carbons (Fsp3) is 0.200. The quantitative estimate of drug-likeness (QED) is 0.485. The summed E-state index contributed by atoms with van der Waals surface area (Å²) in [6, 6.07) is 19.8. The van der Waals surface area contributed by atoms with E-state index in [2.05, 4.69) is 10.3 Å². The lowest BCUT2D eigenvalue weighted by Gasteiger charge is -2.16. The molecule has 1 atom stereocenters. The third-order valence-electron chi connectivity index (χ3n) is 4.64. The van der Waals surface area contributed by atoms with Gasteiger partial charge in [-0.15, -0.1) is 0 Å². The standard InChI is InChI=1S/C25H24N2O4S/c1-18(28)32-17-22(13-20-9-6-12-26-15-20)24(29)27-23-11-5-10-21(14-23)25(30)31-16-19-7-3-2-4-8-19/h2-12,14-15,22H,13,16-17H2,1H3,(H,27,29). The highest BCUT2D eigenvalue weighted by molar-refractivity contribution is 8.13. The van der Waals surface area contributed by atoms with Crippen molar-refractivity contribution in [2.45, 2.75) is 20.0 Å². The van der Waals surface area contributed by atoms with Crippen LogP contribution < -0.4 is 5.32 Å². The molecule has 0 saturated carbocycles. The van der Waals surface area contributed by atoms with Gasteiger partial charge in [0.15, 0.2) is 5.12 Å². The van der Waals surface area contributed by atoms with E-state index in [0.717, 1.165) is 22.9 Å². The van der Waals surface area contributed by atoms with Crippen molar-refractivity contribution < 1.29 is 19.1 Å². The van der Waals surface area contributed by atoms with Gasteiger partial charge >= 0.3 is 5.97 Å². The number of thioether (sulfide) groups is 1. The molecule has 32 heavy (non-hydrogen) atoms. The van der Waals surface area contributed by atoms with Crippen LogP contribution in [-0.4, -0.2) is 27.7 Å². The number of ether oxygens (including phenoxy) is 1. The van der Waals surface area contributed by atoms with Gasteiger partial charge in [0.25, 0.3) is 0 Å². The van der Waals surface area contributed by atoms with Crippen LogP contribution in [-0.2, 0) is 27.4 Å². The Hall–Kier alpha value is -3.45. The number of carbonyl (C=O) groups excluding carboxylic acids is 3. The number of carbonyl (C=O) groups is 3. The number of rotatable bonds is 9. The van der Waals surface area contributed by atoms with Crippen molar-refractivity contribution in [3.63, 3.8) is 0 Å². The number of nitrogens with one attached hydrogen (secondary N) is 1. The molecule has 0 aliphatic heterocycles. The fourth-order valence-corrected chi connectivity index (χ4v) is 3.73. The third kappa shape index (κ3) is 7.35. The molecule has 0 saturated heterocycles. The van der Waals surface area contributed by atoms with E-state index in [1.165, 1.54) is 6.92 Å². The largest absolute Gasteiger partial charge is 0.457 e. The van der Waals surface area contributed by atoms with Crippen LogP contribution in [0, 0.1) is 5.92 Å². The van der Waals surface area contributed by atoms with Crippen LogP contribution in [0.3, 0.4) is 0 Å². The number of anilines is 1. The first-order valence-corrected chi connectivity index (χ1v) is 11.1. The molecule has 1 heterocycles. The Morgan fingerprint density at radius 3 is 2.50 bits per heavy atom. The number of benzene rings is 2. The minimum Gasteiger partial charge on any atom is -0.457 e. The van der Waals surface area contributed by atoms with Crippen LogP contribution in [0.2, 0.25) is 0 Å². The second kappa shape index (κ2) is 11.8. The zero-order valence-electron chi connectivity index (χ0n) is 17.7. The lowest BCUT2D eigenvalue weighted by Crippen LogP contribution is -2.27. The number of aromatic nitrogens is 1. The molecule has 1 N–H and O–H groups in total. The van der Waals surface area contributed by atoms with E-state index in [9.17, 15) is 14.4 Å². The molecule has 3 aromatic rings. The summed E-state index contributed by atoms with van der Waals surface area (Å²) in [5, 5.41) is 2.82. The molecule has 1 aromatic heterocycles. The number of pyridine rings is 1. The van der Waals surface area contributed by atoms with Crippen LogP contribution in [0.4, 0.5) is 5.69 Å². The molecule has 164 valence electrons. The molecule has 2 aromatic carbocycles. The van der Waals surface area contributed by atoms with E-state index >= 15 is 0 Å². The van der Waals surface area contributed by atoms with Gasteiger partial charge in [0.2, 0.25) is 5.91 Å². The molecule has 0 fully saturated rings. The highest BCUT2D eigenvalue weighted by Crippen LogP contribution is 2.19. The predicted octanol–water partition coefficient (Wildman–Crippen LogP) is 4.52. The van der Waals surface area contributed by atoms with Gasteiger partial charge in [-0.3, -0.25) is 14.6 Å². The predicted molar refractivity (Wildman–Crippen MR) is 125 cm³/mol. The van der Waals surface area contributed by atoms with Gasteiger partial charge in [-0.1, -0.05) is 54.2 Å². The van der Waals surface area contributed by atoms with E-state index in [1.807, 2.05) is 42.5 Å². The SMILES string of the molecule is CC(=O)SCC(Cc1cccnc1)C(=O)Nc1cccc(C(=O)OCc2ccccc2)c1. The van der Waals surface area contributed by atoms with Gasteiger partial charge in [0, 0.05) is 30.8 Å². The van der Waals surface area contributed by atoms with Gasteiger partial charge in [-0.2, -0.15) is 0 Å². The van der Waals surface area contributed by atoms with Crippen LogP contribution in [0.1, 0.15) is 28.4 Å². The summed E-state index contributed by atoms with van der Waals surface area (Å²) in [5.74, 6) is -0.766. The van der Waals surface area contributed by atoms with E-state index < -0.39 is 11.9 Å². The summed E-state index contributed by atoms with van der Waals surface area (Å²) in [6.07, 6.45) is 3.84. The zero-order valence-corrected chi connectivity index (χ0v) is 18.5. The van der Waals surface area contributed by atoms with Gasteiger partial charge in [-0.25, -0.2) is 4.79 Å². The first-order valence-electron chi connectivity index (χ1n) is 10.2. The number of esters is 1. The normalized spacial score (nSPS) is 11.4. The molecule has 1 amide bonds. The molecule has 7 heteroatoms. The van der Waals surface area contributed by atoms with Crippen LogP contribution >= 0.6 is 11.8 Å². The number of nitrogens with zero attached hydrogens (tertiary/aromatic N) is 1. The Balaban J connectivity index is 1.65. The molecular weight excluding hydrogens is 424 g/mol. The molecule has 6 nitrogen and oxygen atoms in total.